The van der Waals surface area contributed by atoms with Crippen molar-refractivity contribution in [2.45, 2.75) is 25.3 Å². The molecule has 1 amide bonds. The normalized spacial score (nSPS) is 14.0. The largest absolute Gasteiger partial charge is 0.496 e. The minimum absolute atomic E-state index is 0.00843. The second-order valence-corrected chi connectivity index (χ2v) is 9.70. The van der Waals surface area contributed by atoms with Crippen LogP contribution in [0.5, 0.6) is 5.75 Å². The smallest absolute Gasteiger partial charge is 0.258 e. The van der Waals surface area contributed by atoms with Gasteiger partial charge in [-0.25, -0.2) is 9.38 Å². The van der Waals surface area contributed by atoms with Crippen molar-refractivity contribution < 1.29 is 13.9 Å². The molecule has 0 spiro atoms. The molecule has 3 aromatic carbocycles. The van der Waals surface area contributed by atoms with Gasteiger partial charge < -0.3 is 15.4 Å². The van der Waals surface area contributed by atoms with Crippen LogP contribution in [-0.4, -0.2) is 37.0 Å². The number of carbonyl (C=O) groups excluding carboxylic acids is 1. The fourth-order valence-electron chi connectivity index (χ4n) is 4.42. The molecule has 1 unspecified atom stereocenters. The first-order valence-corrected chi connectivity index (χ1v) is 12.9. The summed E-state index contributed by atoms with van der Waals surface area (Å²) in [7, 11) is 1.60. The Labute approximate surface area is 225 Å². The van der Waals surface area contributed by atoms with E-state index in [2.05, 4.69) is 43.4 Å². The number of rotatable bonds is 9. The monoisotopic (exact) mass is 564 g/mol. The molecule has 1 atom stereocenters. The molecule has 0 aromatic heterocycles. The highest BCUT2D eigenvalue weighted by Gasteiger charge is 2.19. The molecule has 1 aliphatic heterocycles. The lowest BCUT2D eigenvalue weighted by atomic mass is 9.98. The molecule has 0 saturated heterocycles. The van der Waals surface area contributed by atoms with Gasteiger partial charge in [0.1, 0.15) is 11.6 Å². The predicted molar refractivity (Wildman–Crippen MR) is 148 cm³/mol. The first kappa shape index (κ1) is 26.4. The van der Waals surface area contributed by atoms with Gasteiger partial charge in [-0.1, -0.05) is 58.4 Å². The fourth-order valence-corrected chi connectivity index (χ4v) is 4.83. The molecule has 6 nitrogen and oxygen atoms in total. The molecule has 4 rings (SSSR count). The van der Waals surface area contributed by atoms with Gasteiger partial charge in [0.05, 0.1) is 13.2 Å². The lowest BCUT2D eigenvalue weighted by Gasteiger charge is -2.22. The summed E-state index contributed by atoms with van der Waals surface area (Å²) in [6, 6.07) is 19.7. The average molecular weight is 565 g/mol. The van der Waals surface area contributed by atoms with E-state index in [1.165, 1.54) is 12.1 Å². The number of guanidine groups is 1. The number of hydrogen-bond donors (Lipinski definition) is 2. The number of nitrogens with zero attached hydrogens (tertiary/aromatic N) is 2. The lowest BCUT2D eigenvalue weighted by Crippen LogP contribution is -2.38. The summed E-state index contributed by atoms with van der Waals surface area (Å²) in [4.78, 5) is 20.0. The number of aryl methyl sites for hydroxylation is 1. The molecule has 0 aliphatic carbocycles. The number of halogens is 2. The topological polar surface area (TPSA) is 79.9 Å². The second-order valence-electron chi connectivity index (χ2n) is 8.79. The number of benzene rings is 3. The molecule has 3 N–H and O–H groups in total. The maximum Gasteiger partial charge on any atom is 0.258 e. The van der Waals surface area contributed by atoms with Crippen molar-refractivity contribution >= 4 is 27.8 Å². The number of ether oxygens (including phenoxy) is 1. The molecule has 8 heteroatoms. The van der Waals surface area contributed by atoms with Crippen LogP contribution in [0.2, 0.25) is 0 Å². The van der Waals surface area contributed by atoms with E-state index in [1.54, 1.807) is 13.2 Å². The fraction of sp³-hybridized carbons (Fsp3) is 0.241. The first-order valence-electron chi connectivity index (χ1n) is 12.1. The van der Waals surface area contributed by atoms with Crippen LogP contribution < -0.4 is 15.8 Å². The van der Waals surface area contributed by atoms with E-state index in [-0.39, 0.29) is 17.6 Å². The summed E-state index contributed by atoms with van der Waals surface area (Å²) in [5, 5.41) is 2.67. The molecule has 3 aromatic rings. The molecule has 0 saturated carbocycles. The molecule has 0 radical (unpaired) electrons. The number of nitrogens with one attached hydrogen (secondary N) is 1. The zero-order valence-corrected chi connectivity index (χ0v) is 22.2. The number of carbonyl (C=O) groups is 1. The summed E-state index contributed by atoms with van der Waals surface area (Å²) in [5.41, 5.74) is 8.65. The zero-order chi connectivity index (χ0) is 26.2. The van der Waals surface area contributed by atoms with Crippen molar-refractivity contribution in [1.29, 1.82) is 0 Å². The second kappa shape index (κ2) is 12.5. The first-order chi connectivity index (χ1) is 17.9. The van der Waals surface area contributed by atoms with Gasteiger partial charge in [-0.05, 0) is 66.9 Å². The summed E-state index contributed by atoms with van der Waals surface area (Å²) in [6.45, 7) is 1.55. The van der Waals surface area contributed by atoms with Gasteiger partial charge in [0.25, 0.3) is 5.91 Å². The minimum atomic E-state index is -0.496. The molecule has 192 valence electrons. The molecule has 37 heavy (non-hydrogen) atoms. The van der Waals surface area contributed by atoms with Gasteiger partial charge in [-0.2, -0.15) is 0 Å². The van der Waals surface area contributed by atoms with Crippen molar-refractivity contribution in [3.63, 3.8) is 0 Å². The highest BCUT2D eigenvalue weighted by Crippen LogP contribution is 2.26. The minimum Gasteiger partial charge on any atom is -0.496 e. The predicted octanol–water partition coefficient (Wildman–Crippen LogP) is 5.39. The third-order valence-electron chi connectivity index (χ3n) is 6.28. The van der Waals surface area contributed by atoms with Crippen LogP contribution in [0.15, 0.2) is 88.5 Å². The number of aliphatic imine (C=N–C) groups is 1. The van der Waals surface area contributed by atoms with Gasteiger partial charge in [-0.3, -0.25) is 10.1 Å². The Morgan fingerprint density at radius 3 is 2.70 bits per heavy atom. The third kappa shape index (κ3) is 6.98. The summed E-state index contributed by atoms with van der Waals surface area (Å²) in [5.74, 6) is -0.238. The third-order valence-corrected chi connectivity index (χ3v) is 6.77. The SMILES string of the molecule is COc1ccc(Br)cc1CCc1c(F)cccc1C(=O)NC(N)=NC(CN1C=CCC1)c1ccccc1. The van der Waals surface area contributed by atoms with Crippen molar-refractivity contribution in [3.8, 4) is 5.75 Å². The van der Waals surface area contributed by atoms with E-state index >= 15 is 0 Å². The van der Waals surface area contributed by atoms with Crippen LogP contribution in [0.1, 0.15) is 39.5 Å². The van der Waals surface area contributed by atoms with Crippen molar-refractivity contribution in [2.75, 3.05) is 20.2 Å². The Morgan fingerprint density at radius 1 is 1.16 bits per heavy atom. The molecular weight excluding hydrogens is 535 g/mol. The number of amides is 1. The maximum atomic E-state index is 14.9. The maximum absolute atomic E-state index is 14.9. The zero-order valence-electron chi connectivity index (χ0n) is 20.7. The van der Waals surface area contributed by atoms with Crippen LogP contribution in [0, 0.1) is 5.82 Å². The van der Waals surface area contributed by atoms with Crippen LogP contribution >= 0.6 is 15.9 Å². The van der Waals surface area contributed by atoms with Gasteiger partial charge in [0.2, 0.25) is 0 Å². The number of hydrogen-bond acceptors (Lipinski definition) is 4. The molecule has 0 bridgehead atoms. The van der Waals surface area contributed by atoms with Crippen LogP contribution in [0.3, 0.4) is 0 Å². The van der Waals surface area contributed by atoms with E-state index in [0.717, 1.165) is 28.6 Å². The Morgan fingerprint density at radius 2 is 1.97 bits per heavy atom. The summed E-state index contributed by atoms with van der Waals surface area (Å²) < 4.78 is 21.2. The highest BCUT2D eigenvalue weighted by atomic mass is 79.9. The van der Waals surface area contributed by atoms with Crippen LogP contribution in [-0.2, 0) is 12.8 Å². The van der Waals surface area contributed by atoms with Crippen LogP contribution in [0.25, 0.3) is 0 Å². The Balaban J connectivity index is 1.52. The van der Waals surface area contributed by atoms with Gasteiger partial charge >= 0.3 is 0 Å². The highest BCUT2D eigenvalue weighted by molar-refractivity contribution is 9.10. The van der Waals surface area contributed by atoms with Crippen molar-refractivity contribution in [1.82, 2.24) is 10.2 Å². The quantitative estimate of drug-likeness (QED) is 0.270. The average Bonchev–Trinajstić information content (AvgIpc) is 3.41. The Bertz CT molecular complexity index is 1300. The molecule has 1 aliphatic rings. The molecular formula is C29H30BrFN4O2. The van der Waals surface area contributed by atoms with Gasteiger partial charge in [0.15, 0.2) is 5.96 Å². The van der Waals surface area contributed by atoms with Gasteiger partial charge in [0, 0.05) is 28.7 Å². The van der Waals surface area contributed by atoms with Crippen LogP contribution in [0.4, 0.5) is 4.39 Å². The van der Waals surface area contributed by atoms with E-state index in [9.17, 15) is 9.18 Å². The molecule has 1 heterocycles. The Kier molecular flexibility index (Phi) is 8.95. The lowest BCUT2D eigenvalue weighted by molar-refractivity contribution is 0.0975. The summed E-state index contributed by atoms with van der Waals surface area (Å²) >= 11 is 3.47. The number of nitrogens with two attached hydrogens (primary N) is 1. The summed E-state index contributed by atoms with van der Waals surface area (Å²) in [6.07, 6.45) is 5.97. The van der Waals surface area contributed by atoms with Crippen molar-refractivity contribution in [3.05, 3.63) is 112 Å². The van der Waals surface area contributed by atoms with E-state index in [4.69, 9.17) is 10.5 Å². The number of methoxy groups -OCH3 is 1. The van der Waals surface area contributed by atoms with Gasteiger partial charge in [-0.15, -0.1) is 0 Å². The van der Waals surface area contributed by atoms with E-state index in [0.29, 0.717) is 30.7 Å². The van der Waals surface area contributed by atoms with E-state index in [1.807, 2.05) is 48.5 Å². The van der Waals surface area contributed by atoms with Crippen molar-refractivity contribution in [2.24, 2.45) is 10.7 Å². The standard InChI is InChI=1S/C29H30BrFN4O2/c1-37-27-15-13-22(30)18-21(27)12-14-23-24(10-7-11-25(23)31)28(36)34-29(32)33-26(19-35-16-5-6-17-35)20-8-3-2-4-9-20/h2-5,7-11,13,15-16,18,26H,6,12,14,17,19H2,1H3,(H3,32,33,34,36). The Hall–Kier alpha value is -3.65. The molecule has 0 fully saturated rings. The van der Waals surface area contributed by atoms with E-state index < -0.39 is 11.7 Å².